The second-order valence-electron chi connectivity index (χ2n) is 4.88. The van der Waals surface area contributed by atoms with Crippen molar-refractivity contribution < 1.29 is 14.3 Å². The van der Waals surface area contributed by atoms with E-state index < -0.39 is 11.5 Å². The van der Waals surface area contributed by atoms with Crippen molar-refractivity contribution >= 4 is 23.2 Å². The van der Waals surface area contributed by atoms with E-state index in [-0.39, 0.29) is 5.91 Å². The van der Waals surface area contributed by atoms with Crippen LogP contribution in [0.2, 0.25) is 0 Å². The lowest BCUT2D eigenvalue weighted by atomic mass is 9.96. The van der Waals surface area contributed by atoms with Crippen LogP contribution in [0.1, 0.15) is 46.8 Å². The fourth-order valence-electron chi connectivity index (χ4n) is 1.94. The van der Waals surface area contributed by atoms with Gasteiger partial charge in [0, 0.05) is 4.88 Å². The lowest BCUT2D eigenvalue weighted by Crippen LogP contribution is -2.52. The average molecular weight is 283 g/mol. The molecule has 4 nitrogen and oxygen atoms in total. The highest BCUT2D eigenvalue weighted by molar-refractivity contribution is 7.14. The van der Waals surface area contributed by atoms with Gasteiger partial charge in [0.15, 0.2) is 0 Å². The second-order valence-corrected chi connectivity index (χ2v) is 6.13. The van der Waals surface area contributed by atoms with Crippen molar-refractivity contribution in [2.45, 2.75) is 46.1 Å². The fourth-order valence-corrected chi connectivity index (χ4v) is 2.87. The van der Waals surface area contributed by atoms with E-state index in [0.29, 0.717) is 11.3 Å². The zero-order chi connectivity index (χ0) is 14.6. The molecular formula is C14H21NO3S. The number of ether oxygens (including phenoxy) is 1. The molecule has 1 aromatic rings. The van der Waals surface area contributed by atoms with Crippen molar-refractivity contribution in [3.8, 4) is 0 Å². The Bertz CT molecular complexity index is 462. The predicted octanol–water partition coefficient (Wildman–Crippen LogP) is 2.83. The number of thiophene rings is 1. The summed E-state index contributed by atoms with van der Waals surface area (Å²) in [5.74, 6) is -0.629. The van der Waals surface area contributed by atoms with Gasteiger partial charge < -0.3 is 10.1 Å². The fraction of sp³-hybridized carbons (Fsp3) is 0.571. The number of carbonyl (C=O) groups is 2. The van der Waals surface area contributed by atoms with Crippen LogP contribution < -0.4 is 5.32 Å². The first-order valence-electron chi connectivity index (χ1n) is 6.32. The molecular weight excluding hydrogens is 262 g/mol. The Morgan fingerprint density at radius 3 is 2.47 bits per heavy atom. The topological polar surface area (TPSA) is 55.4 Å². The summed E-state index contributed by atoms with van der Waals surface area (Å²) in [4.78, 5) is 25.8. The molecule has 1 unspecified atom stereocenters. The van der Waals surface area contributed by atoms with Crippen LogP contribution in [-0.2, 0) is 9.53 Å². The first kappa shape index (κ1) is 15.7. The number of methoxy groups -OCH3 is 1. The summed E-state index contributed by atoms with van der Waals surface area (Å²) in [6.07, 6.45) is 1.34. The minimum Gasteiger partial charge on any atom is -0.467 e. The Balaban J connectivity index is 2.90. The SMILES string of the molecule is CCCC(C)(NC(=O)c1cc(C)c(C)s1)C(=O)OC. The number of esters is 1. The minimum absolute atomic E-state index is 0.220. The van der Waals surface area contributed by atoms with Gasteiger partial charge in [0.1, 0.15) is 5.54 Å². The van der Waals surface area contributed by atoms with E-state index in [9.17, 15) is 9.59 Å². The average Bonchev–Trinajstić information content (AvgIpc) is 2.69. The quantitative estimate of drug-likeness (QED) is 0.845. The number of amides is 1. The summed E-state index contributed by atoms with van der Waals surface area (Å²) in [6.45, 7) is 7.61. The summed E-state index contributed by atoms with van der Waals surface area (Å²) in [5.41, 5.74) is 0.122. The highest BCUT2D eigenvalue weighted by Crippen LogP contribution is 2.22. The zero-order valence-corrected chi connectivity index (χ0v) is 12.9. The molecule has 0 aliphatic heterocycles. The Kier molecular flexibility index (Phi) is 5.11. The molecule has 0 saturated carbocycles. The van der Waals surface area contributed by atoms with Crippen LogP contribution in [0, 0.1) is 13.8 Å². The van der Waals surface area contributed by atoms with Crippen LogP contribution in [0.15, 0.2) is 6.07 Å². The third kappa shape index (κ3) is 3.56. The molecule has 0 aliphatic carbocycles. The lowest BCUT2D eigenvalue weighted by molar-refractivity contribution is -0.147. The molecule has 19 heavy (non-hydrogen) atoms. The molecule has 0 fully saturated rings. The standard InChI is InChI=1S/C14H21NO3S/c1-6-7-14(4,13(17)18-5)15-12(16)11-8-9(2)10(3)19-11/h8H,6-7H2,1-5H3,(H,15,16). The van der Waals surface area contributed by atoms with E-state index in [1.54, 1.807) is 6.92 Å². The van der Waals surface area contributed by atoms with Gasteiger partial charge in [-0.05, 0) is 38.8 Å². The van der Waals surface area contributed by atoms with Crippen LogP contribution in [0.5, 0.6) is 0 Å². The number of hydrogen-bond acceptors (Lipinski definition) is 4. The molecule has 0 radical (unpaired) electrons. The van der Waals surface area contributed by atoms with Crippen LogP contribution in [0.3, 0.4) is 0 Å². The van der Waals surface area contributed by atoms with Gasteiger partial charge in [-0.15, -0.1) is 11.3 Å². The molecule has 1 aromatic heterocycles. The maximum Gasteiger partial charge on any atom is 0.331 e. The van der Waals surface area contributed by atoms with Crippen LogP contribution in [-0.4, -0.2) is 24.5 Å². The van der Waals surface area contributed by atoms with Gasteiger partial charge in [0.25, 0.3) is 5.91 Å². The predicted molar refractivity (Wildman–Crippen MR) is 76.6 cm³/mol. The molecule has 1 N–H and O–H groups in total. The molecule has 5 heteroatoms. The van der Waals surface area contributed by atoms with Crippen molar-refractivity contribution in [1.29, 1.82) is 0 Å². The van der Waals surface area contributed by atoms with Crippen molar-refractivity contribution in [2.24, 2.45) is 0 Å². The van der Waals surface area contributed by atoms with E-state index in [4.69, 9.17) is 4.74 Å². The number of rotatable bonds is 5. The molecule has 0 saturated heterocycles. The van der Waals surface area contributed by atoms with Crippen molar-refractivity contribution in [2.75, 3.05) is 7.11 Å². The molecule has 1 rings (SSSR count). The molecule has 0 bridgehead atoms. The monoisotopic (exact) mass is 283 g/mol. The molecule has 106 valence electrons. The van der Waals surface area contributed by atoms with Crippen molar-refractivity contribution in [3.05, 3.63) is 21.4 Å². The number of hydrogen-bond donors (Lipinski definition) is 1. The van der Waals surface area contributed by atoms with Crippen LogP contribution in [0.4, 0.5) is 0 Å². The molecule has 1 atom stereocenters. The third-order valence-corrected chi connectivity index (χ3v) is 4.32. The smallest absolute Gasteiger partial charge is 0.331 e. The normalized spacial score (nSPS) is 13.7. The Morgan fingerprint density at radius 2 is 2.05 bits per heavy atom. The first-order chi connectivity index (χ1) is 8.84. The summed E-state index contributed by atoms with van der Waals surface area (Å²) in [5, 5.41) is 2.80. The number of carbonyl (C=O) groups excluding carboxylic acids is 2. The molecule has 0 aromatic carbocycles. The maximum absolute atomic E-state index is 12.2. The largest absolute Gasteiger partial charge is 0.467 e. The molecule has 1 heterocycles. The van der Waals surface area contributed by atoms with E-state index in [1.165, 1.54) is 18.4 Å². The molecule has 1 amide bonds. The maximum atomic E-state index is 12.2. The van der Waals surface area contributed by atoms with Crippen LogP contribution >= 0.6 is 11.3 Å². The second kappa shape index (κ2) is 6.19. The van der Waals surface area contributed by atoms with Gasteiger partial charge in [-0.2, -0.15) is 0 Å². The first-order valence-corrected chi connectivity index (χ1v) is 7.13. The Hall–Kier alpha value is -1.36. The van der Waals surface area contributed by atoms with Gasteiger partial charge in [-0.1, -0.05) is 13.3 Å². The Morgan fingerprint density at radius 1 is 1.42 bits per heavy atom. The van der Waals surface area contributed by atoms with Gasteiger partial charge in [-0.25, -0.2) is 4.79 Å². The molecule has 0 spiro atoms. The highest BCUT2D eigenvalue weighted by Gasteiger charge is 2.35. The van der Waals surface area contributed by atoms with E-state index in [1.807, 2.05) is 26.8 Å². The summed E-state index contributed by atoms with van der Waals surface area (Å²) >= 11 is 1.44. The minimum atomic E-state index is -0.966. The third-order valence-electron chi connectivity index (χ3n) is 3.17. The molecule has 0 aliphatic rings. The Labute approximate surface area is 118 Å². The summed E-state index contributed by atoms with van der Waals surface area (Å²) < 4.78 is 4.78. The van der Waals surface area contributed by atoms with Gasteiger partial charge >= 0.3 is 5.97 Å². The van der Waals surface area contributed by atoms with Crippen molar-refractivity contribution in [3.63, 3.8) is 0 Å². The van der Waals surface area contributed by atoms with Gasteiger partial charge in [0.05, 0.1) is 12.0 Å². The zero-order valence-electron chi connectivity index (χ0n) is 12.1. The summed E-state index contributed by atoms with van der Waals surface area (Å²) in [7, 11) is 1.34. The number of aryl methyl sites for hydroxylation is 2. The van der Waals surface area contributed by atoms with E-state index in [2.05, 4.69) is 5.32 Å². The summed E-state index contributed by atoms with van der Waals surface area (Å²) in [6, 6.07) is 1.85. The van der Waals surface area contributed by atoms with Crippen LogP contribution in [0.25, 0.3) is 0 Å². The van der Waals surface area contributed by atoms with Gasteiger partial charge in [-0.3, -0.25) is 4.79 Å². The highest BCUT2D eigenvalue weighted by atomic mass is 32.1. The number of nitrogens with one attached hydrogen (secondary N) is 1. The van der Waals surface area contributed by atoms with E-state index >= 15 is 0 Å². The lowest BCUT2D eigenvalue weighted by Gasteiger charge is -2.27. The van der Waals surface area contributed by atoms with Gasteiger partial charge in [0.2, 0.25) is 0 Å². The van der Waals surface area contributed by atoms with E-state index in [0.717, 1.165) is 16.9 Å². The van der Waals surface area contributed by atoms with Crippen molar-refractivity contribution in [1.82, 2.24) is 5.32 Å².